The Morgan fingerprint density at radius 2 is 2.18 bits per heavy atom. The summed E-state index contributed by atoms with van der Waals surface area (Å²) < 4.78 is 11.4. The normalized spacial score (nSPS) is 24.6. The summed E-state index contributed by atoms with van der Waals surface area (Å²) in [6.07, 6.45) is 0.160. The van der Waals surface area contributed by atoms with Gasteiger partial charge in [-0.3, -0.25) is 0 Å². The number of benzene rings is 1. The number of nitrogens with one attached hydrogen (secondary N) is 1. The Balaban J connectivity index is 1.83. The lowest BCUT2D eigenvalue weighted by molar-refractivity contribution is -0.0165. The maximum atomic E-state index is 5.75. The predicted octanol–water partition coefficient (Wildman–Crippen LogP) is 2.06. The summed E-state index contributed by atoms with van der Waals surface area (Å²) in [6, 6.07) is 6.63. The van der Waals surface area contributed by atoms with Crippen molar-refractivity contribution < 1.29 is 9.47 Å². The molecule has 1 N–H and O–H groups in total. The molecule has 0 bridgehead atoms. The van der Waals surface area contributed by atoms with Gasteiger partial charge in [-0.15, -0.1) is 0 Å². The first kappa shape index (κ1) is 12.4. The summed E-state index contributed by atoms with van der Waals surface area (Å²) in [4.78, 5) is 0. The van der Waals surface area contributed by atoms with E-state index in [-0.39, 0.29) is 6.10 Å². The Hall–Kier alpha value is -1.06. The number of morpholine rings is 1. The molecule has 0 saturated carbocycles. The van der Waals surface area contributed by atoms with Gasteiger partial charge in [0.15, 0.2) is 0 Å². The molecular formula is C14H21NO2. The summed E-state index contributed by atoms with van der Waals surface area (Å²) in [5.74, 6) is 0.926. The molecule has 2 rings (SSSR count). The molecule has 94 valence electrons. The molecule has 1 aromatic carbocycles. The van der Waals surface area contributed by atoms with E-state index in [1.54, 1.807) is 0 Å². The molecular weight excluding hydrogens is 214 g/mol. The van der Waals surface area contributed by atoms with Crippen molar-refractivity contribution in [3.63, 3.8) is 0 Å². The second-order valence-electron chi connectivity index (χ2n) is 4.82. The topological polar surface area (TPSA) is 30.5 Å². The maximum absolute atomic E-state index is 5.75. The van der Waals surface area contributed by atoms with Crippen LogP contribution in [0.4, 0.5) is 0 Å². The van der Waals surface area contributed by atoms with E-state index in [1.807, 2.05) is 6.07 Å². The standard InChI is InChI=1S/C14H21NO2/c1-10-4-5-13(6-11(10)2)17-9-14-7-15-12(3)8-16-14/h4-6,12,14-15H,7-9H2,1-3H3. The molecule has 3 nitrogen and oxygen atoms in total. The number of hydrogen-bond donors (Lipinski definition) is 1. The van der Waals surface area contributed by atoms with Crippen molar-refractivity contribution >= 4 is 0 Å². The first-order chi connectivity index (χ1) is 8.15. The summed E-state index contributed by atoms with van der Waals surface area (Å²) in [6.45, 7) is 8.58. The van der Waals surface area contributed by atoms with Gasteiger partial charge in [0.05, 0.1) is 6.61 Å². The first-order valence-corrected chi connectivity index (χ1v) is 6.20. The van der Waals surface area contributed by atoms with Crippen LogP contribution in [0.3, 0.4) is 0 Å². The van der Waals surface area contributed by atoms with Crippen molar-refractivity contribution in [3.8, 4) is 5.75 Å². The van der Waals surface area contributed by atoms with Gasteiger partial charge >= 0.3 is 0 Å². The third-order valence-electron chi connectivity index (χ3n) is 3.19. The van der Waals surface area contributed by atoms with Crippen LogP contribution in [0.1, 0.15) is 18.1 Å². The van der Waals surface area contributed by atoms with Crippen molar-refractivity contribution in [2.24, 2.45) is 0 Å². The summed E-state index contributed by atoms with van der Waals surface area (Å²) in [5.41, 5.74) is 2.56. The summed E-state index contributed by atoms with van der Waals surface area (Å²) >= 11 is 0. The van der Waals surface area contributed by atoms with Crippen molar-refractivity contribution in [2.45, 2.75) is 32.9 Å². The largest absolute Gasteiger partial charge is 0.491 e. The van der Waals surface area contributed by atoms with Gasteiger partial charge in [-0.25, -0.2) is 0 Å². The zero-order valence-electron chi connectivity index (χ0n) is 10.8. The van der Waals surface area contributed by atoms with Gasteiger partial charge in [0.25, 0.3) is 0 Å². The smallest absolute Gasteiger partial charge is 0.119 e. The Bertz CT molecular complexity index is 370. The van der Waals surface area contributed by atoms with Gasteiger partial charge in [0.1, 0.15) is 18.5 Å². The van der Waals surface area contributed by atoms with Gasteiger partial charge in [-0.1, -0.05) is 6.07 Å². The third kappa shape index (κ3) is 3.45. The highest BCUT2D eigenvalue weighted by atomic mass is 16.5. The van der Waals surface area contributed by atoms with E-state index in [9.17, 15) is 0 Å². The molecule has 1 aromatic rings. The minimum Gasteiger partial charge on any atom is -0.491 e. The van der Waals surface area contributed by atoms with Crippen LogP contribution in [-0.2, 0) is 4.74 Å². The third-order valence-corrected chi connectivity index (χ3v) is 3.19. The molecule has 2 unspecified atom stereocenters. The van der Waals surface area contributed by atoms with E-state index in [0.717, 1.165) is 18.9 Å². The molecule has 1 aliphatic heterocycles. The van der Waals surface area contributed by atoms with E-state index in [1.165, 1.54) is 11.1 Å². The number of ether oxygens (including phenoxy) is 2. The van der Waals surface area contributed by atoms with Crippen molar-refractivity contribution in [2.75, 3.05) is 19.8 Å². The van der Waals surface area contributed by atoms with Gasteiger partial charge in [-0.05, 0) is 44.0 Å². The molecule has 17 heavy (non-hydrogen) atoms. The fourth-order valence-corrected chi connectivity index (χ4v) is 1.83. The van der Waals surface area contributed by atoms with Gasteiger partial charge in [0, 0.05) is 12.6 Å². The molecule has 0 aromatic heterocycles. The molecule has 0 radical (unpaired) electrons. The van der Waals surface area contributed by atoms with Gasteiger partial charge in [0.2, 0.25) is 0 Å². The molecule has 0 spiro atoms. The Morgan fingerprint density at radius 1 is 1.35 bits per heavy atom. The average molecular weight is 235 g/mol. The van der Waals surface area contributed by atoms with E-state index in [2.05, 4.69) is 38.2 Å². The zero-order chi connectivity index (χ0) is 12.3. The fourth-order valence-electron chi connectivity index (χ4n) is 1.83. The lowest BCUT2D eigenvalue weighted by Crippen LogP contribution is -2.46. The van der Waals surface area contributed by atoms with Crippen LogP contribution in [0.2, 0.25) is 0 Å². The van der Waals surface area contributed by atoms with Crippen LogP contribution in [0.5, 0.6) is 5.75 Å². The first-order valence-electron chi connectivity index (χ1n) is 6.20. The predicted molar refractivity (Wildman–Crippen MR) is 68.6 cm³/mol. The molecule has 2 atom stereocenters. The second-order valence-corrected chi connectivity index (χ2v) is 4.82. The van der Waals surface area contributed by atoms with E-state index >= 15 is 0 Å². The Kier molecular flexibility index (Phi) is 4.02. The van der Waals surface area contributed by atoms with Crippen LogP contribution in [0.15, 0.2) is 18.2 Å². The van der Waals surface area contributed by atoms with E-state index < -0.39 is 0 Å². The number of rotatable bonds is 3. The molecule has 0 aliphatic carbocycles. The van der Waals surface area contributed by atoms with E-state index in [0.29, 0.717) is 12.6 Å². The summed E-state index contributed by atoms with van der Waals surface area (Å²) in [7, 11) is 0. The average Bonchev–Trinajstić information content (AvgIpc) is 2.33. The van der Waals surface area contributed by atoms with Crippen LogP contribution in [0.25, 0.3) is 0 Å². The minimum atomic E-state index is 0.160. The quantitative estimate of drug-likeness (QED) is 0.870. The van der Waals surface area contributed by atoms with Crippen molar-refractivity contribution in [3.05, 3.63) is 29.3 Å². The Morgan fingerprint density at radius 3 is 2.82 bits per heavy atom. The Labute approximate surface area is 103 Å². The van der Waals surface area contributed by atoms with E-state index in [4.69, 9.17) is 9.47 Å². The fraction of sp³-hybridized carbons (Fsp3) is 0.571. The highest BCUT2D eigenvalue weighted by Gasteiger charge is 2.18. The van der Waals surface area contributed by atoms with Crippen LogP contribution < -0.4 is 10.1 Å². The number of aryl methyl sites for hydroxylation is 2. The highest BCUT2D eigenvalue weighted by Crippen LogP contribution is 2.17. The monoisotopic (exact) mass is 235 g/mol. The van der Waals surface area contributed by atoms with Crippen LogP contribution in [0, 0.1) is 13.8 Å². The minimum absolute atomic E-state index is 0.160. The van der Waals surface area contributed by atoms with Crippen molar-refractivity contribution in [1.82, 2.24) is 5.32 Å². The molecule has 0 amide bonds. The zero-order valence-corrected chi connectivity index (χ0v) is 10.8. The summed E-state index contributed by atoms with van der Waals surface area (Å²) in [5, 5.41) is 3.38. The molecule has 1 heterocycles. The van der Waals surface area contributed by atoms with Crippen molar-refractivity contribution in [1.29, 1.82) is 0 Å². The number of hydrogen-bond acceptors (Lipinski definition) is 3. The van der Waals surface area contributed by atoms with Gasteiger partial charge in [-0.2, -0.15) is 0 Å². The molecule has 1 aliphatic rings. The van der Waals surface area contributed by atoms with Gasteiger partial charge < -0.3 is 14.8 Å². The van der Waals surface area contributed by atoms with Crippen LogP contribution in [-0.4, -0.2) is 31.9 Å². The molecule has 1 saturated heterocycles. The SMILES string of the molecule is Cc1ccc(OCC2CNC(C)CO2)cc1C. The molecule has 3 heteroatoms. The maximum Gasteiger partial charge on any atom is 0.119 e. The van der Waals surface area contributed by atoms with Crippen LogP contribution >= 0.6 is 0 Å². The second kappa shape index (κ2) is 5.52. The lowest BCUT2D eigenvalue weighted by atomic mass is 10.1. The lowest BCUT2D eigenvalue weighted by Gasteiger charge is -2.28. The highest BCUT2D eigenvalue weighted by molar-refractivity contribution is 5.33. The molecule has 1 fully saturated rings.